The summed E-state index contributed by atoms with van der Waals surface area (Å²) in [5.74, 6) is -0.223. The Labute approximate surface area is 169 Å². The molecule has 0 bridgehead atoms. The number of aliphatic hydroxyl groups is 1. The average molecular weight is 388 g/mol. The highest BCUT2D eigenvalue weighted by Gasteiger charge is 2.33. The summed E-state index contributed by atoms with van der Waals surface area (Å²) in [4.78, 5) is 11.5. The normalized spacial score (nSPS) is 14.3. The van der Waals surface area contributed by atoms with Crippen molar-refractivity contribution in [1.82, 2.24) is 6.15 Å². The first-order valence-electron chi connectivity index (χ1n) is 11.4. The van der Waals surface area contributed by atoms with Gasteiger partial charge >= 0.3 is 5.97 Å². The largest absolute Gasteiger partial charge is 0.457 e. The Morgan fingerprint density at radius 3 is 1.52 bits per heavy atom. The number of carbonyl (C=O) groups excluding carboxylic acids is 1. The van der Waals surface area contributed by atoms with Crippen LogP contribution in [0.15, 0.2) is 0 Å². The lowest BCUT2D eigenvalue weighted by Gasteiger charge is -2.32. The van der Waals surface area contributed by atoms with Gasteiger partial charge in [-0.3, -0.25) is 4.79 Å². The van der Waals surface area contributed by atoms with Crippen molar-refractivity contribution < 1.29 is 14.6 Å². The van der Waals surface area contributed by atoms with Gasteiger partial charge in [-0.05, 0) is 26.7 Å². The number of hydrogen-bond donors (Lipinski definition) is 2. The SMILES string of the molecule is CCCCCCCCCCCCCCCCC(C)(OC(=O)CC)C(C)O.N. The molecule has 0 spiro atoms. The number of unbranched alkanes of at least 4 members (excludes halogenated alkanes) is 13. The van der Waals surface area contributed by atoms with Gasteiger partial charge in [0, 0.05) is 6.42 Å². The van der Waals surface area contributed by atoms with Crippen molar-refractivity contribution in [3.8, 4) is 0 Å². The van der Waals surface area contributed by atoms with Gasteiger partial charge < -0.3 is 16.0 Å². The zero-order chi connectivity index (χ0) is 19.7. The second-order valence-electron chi connectivity index (χ2n) is 8.16. The molecule has 0 aromatic carbocycles. The van der Waals surface area contributed by atoms with Crippen molar-refractivity contribution in [3.05, 3.63) is 0 Å². The van der Waals surface area contributed by atoms with Crippen LogP contribution in [0.2, 0.25) is 0 Å². The predicted octanol–water partition coefficient (Wildman–Crippen LogP) is 7.11. The summed E-state index contributed by atoms with van der Waals surface area (Å²) in [5.41, 5.74) is -0.732. The summed E-state index contributed by atoms with van der Waals surface area (Å²) in [6, 6.07) is 0. The van der Waals surface area contributed by atoms with Gasteiger partial charge in [0.1, 0.15) is 5.60 Å². The molecule has 0 rings (SSSR count). The van der Waals surface area contributed by atoms with Gasteiger partial charge in [0.2, 0.25) is 0 Å². The smallest absolute Gasteiger partial charge is 0.306 e. The molecule has 0 radical (unpaired) electrons. The maximum absolute atomic E-state index is 11.5. The van der Waals surface area contributed by atoms with Gasteiger partial charge in [0.25, 0.3) is 0 Å². The van der Waals surface area contributed by atoms with Crippen molar-refractivity contribution in [1.29, 1.82) is 0 Å². The molecule has 0 aliphatic rings. The highest BCUT2D eigenvalue weighted by atomic mass is 16.6. The van der Waals surface area contributed by atoms with Gasteiger partial charge in [-0.15, -0.1) is 0 Å². The number of hydrogen-bond acceptors (Lipinski definition) is 4. The molecule has 27 heavy (non-hydrogen) atoms. The van der Waals surface area contributed by atoms with E-state index in [1.807, 2.05) is 6.92 Å². The molecule has 0 fully saturated rings. The molecular weight excluding hydrogens is 338 g/mol. The molecule has 0 amide bonds. The molecule has 0 saturated carbocycles. The van der Waals surface area contributed by atoms with Crippen LogP contribution in [0.3, 0.4) is 0 Å². The van der Waals surface area contributed by atoms with Crippen LogP contribution in [0.4, 0.5) is 0 Å². The van der Waals surface area contributed by atoms with Gasteiger partial charge in [-0.1, -0.05) is 97.3 Å². The first-order valence-corrected chi connectivity index (χ1v) is 11.4. The van der Waals surface area contributed by atoms with Crippen LogP contribution in [0.1, 0.15) is 130 Å². The van der Waals surface area contributed by atoms with E-state index in [-0.39, 0.29) is 12.1 Å². The topological polar surface area (TPSA) is 81.5 Å². The molecule has 0 aromatic heterocycles. The standard InChI is InChI=1S/C23H46O3.H3N/c1-5-7-8-9-10-11-12-13-14-15-16-17-18-19-20-23(4,21(3)24)26-22(25)6-2;/h21,24H,5-20H2,1-4H3;1H3. The summed E-state index contributed by atoms with van der Waals surface area (Å²) in [5, 5.41) is 9.94. The van der Waals surface area contributed by atoms with Crippen molar-refractivity contribution in [2.75, 3.05) is 0 Å². The minimum Gasteiger partial charge on any atom is -0.457 e. The Hall–Kier alpha value is -0.610. The zero-order valence-electron chi connectivity index (χ0n) is 18.9. The monoisotopic (exact) mass is 387 g/mol. The van der Waals surface area contributed by atoms with E-state index in [1.165, 1.54) is 77.0 Å². The Morgan fingerprint density at radius 1 is 0.815 bits per heavy atom. The Kier molecular flexibility index (Phi) is 19.8. The maximum atomic E-state index is 11.5. The molecule has 0 aromatic rings. The lowest BCUT2D eigenvalue weighted by Crippen LogP contribution is -2.42. The summed E-state index contributed by atoms with van der Waals surface area (Å²) >= 11 is 0. The fourth-order valence-electron chi connectivity index (χ4n) is 3.35. The molecular formula is C23H49NO3. The highest BCUT2D eigenvalue weighted by Crippen LogP contribution is 2.25. The summed E-state index contributed by atoms with van der Waals surface area (Å²) < 4.78 is 5.47. The van der Waals surface area contributed by atoms with Crippen LogP contribution < -0.4 is 6.15 Å². The molecule has 4 heteroatoms. The molecule has 4 nitrogen and oxygen atoms in total. The molecule has 2 atom stereocenters. The zero-order valence-corrected chi connectivity index (χ0v) is 18.9. The highest BCUT2D eigenvalue weighted by molar-refractivity contribution is 5.69. The van der Waals surface area contributed by atoms with E-state index in [0.717, 1.165) is 19.3 Å². The third-order valence-corrected chi connectivity index (χ3v) is 5.55. The summed E-state index contributed by atoms with van der Waals surface area (Å²) in [6.45, 7) is 7.63. The maximum Gasteiger partial charge on any atom is 0.306 e. The van der Waals surface area contributed by atoms with Crippen molar-refractivity contribution in [2.24, 2.45) is 0 Å². The van der Waals surface area contributed by atoms with Gasteiger partial charge in [-0.25, -0.2) is 0 Å². The fourth-order valence-corrected chi connectivity index (χ4v) is 3.35. The van der Waals surface area contributed by atoms with Gasteiger partial charge in [0.05, 0.1) is 6.10 Å². The van der Waals surface area contributed by atoms with Gasteiger partial charge in [0.15, 0.2) is 0 Å². The van der Waals surface area contributed by atoms with Crippen LogP contribution in [0, 0.1) is 0 Å². The summed E-state index contributed by atoms with van der Waals surface area (Å²) in [7, 11) is 0. The Morgan fingerprint density at radius 2 is 1.19 bits per heavy atom. The number of ether oxygens (including phenoxy) is 1. The quantitative estimate of drug-likeness (QED) is 0.194. The lowest BCUT2D eigenvalue weighted by molar-refractivity contribution is -0.170. The lowest BCUT2D eigenvalue weighted by atomic mass is 9.92. The average Bonchev–Trinajstić information content (AvgIpc) is 2.61. The van der Waals surface area contributed by atoms with E-state index >= 15 is 0 Å². The molecule has 0 heterocycles. The van der Waals surface area contributed by atoms with E-state index in [2.05, 4.69) is 6.92 Å². The van der Waals surface area contributed by atoms with Crippen LogP contribution in [-0.2, 0) is 9.53 Å². The van der Waals surface area contributed by atoms with E-state index < -0.39 is 11.7 Å². The second kappa shape index (κ2) is 18.7. The first-order chi connectivity index (χ1) is 12.5. The van der Waals surface area contributed by atoms with E-state index in [4.69, 9.17) is 4.74 Å². The number of rotatable bonds is 18. The van der Waals surface area contributed by atoms with Crippen LogP contribution in [0.25, 0.3) is 0 Å². The number of carbonyl (C=O) groups is 1. The number of aliphatic hydroxyl groups excluding tert-OH is 1. The molecule has 164 valence electrons. The third kappa shape index (κ3) is 16.1. The molecule has 0 aliphatic carbocycles. The van der Waals surface area contributed by atoms with E-state index in [0.29, 0.717) is 6.42 Å². The minimum atomic E-state index is -0.732. The first kappa shape index (κ1) is 28.6. The van der Waals surface area contributed by atoms with E-state index in [1.54, 1.807) is 13.8 Å². The van der Waals surface area contributed by atoms with Crippen LogP contribution in [0.5, 0.6) is 0 Å². The fraction of sp³-hybridized carbons (Fsp3) is 0.957. The van der Waals surface area contributed by atoms with Crippen molar-refractivity contribution in [3.63, 3.8) is 0 Å². The van der Waals surface area contributed by atoms with Crippen LogP contribution >= 0.6 is 0 Å². The van der Waals surface area contributed by atoms with Crippen molar-refractivity contribution >= 4 is 5.97 Å². The minimum absolute atomic E-state index is 0. The summed E-state index contributed by atoms with van der Waals surface area (Å²) in [6.07, 6.45) is 19.1. The second-order valence-corrected chi connectivity index (χ2v) is 8.16. The molecule has 0 saturated heterocycles. The predicted molar refractivity (Wildman–Crippen MR) is 116 cm³/mol. The van der Waals surface area contributed by atoms with E-state index in [9.17, 15) is 9.90 Å². The Bertz CT molecular complexity index is 334. The third-order valence-electron chi connectivity index (χ3n) is 5.55. The molecule has 2 unspecified atom stereocenters. The molecule has 4 N–H and O–H groups in total. The molecule has 0 aliphatic heterocycles. The van der Waals surface area contributed by atoms with Crippen molar-refractivity contribution in [2.45, 2.75) is 142 Å². The Balaban J connectivity index is 0. The number of esters is 1. The van der Waals surface area contributed by atoms with Crippen LogP contribution in [-0.4, -0.2) is 22.8 Å². The van der Waals surface area contributed by atoms with Gasteiger partial charge in [-0.2, -0.15) is 0 Å².